The third kappa shape index (κ3) is 5.16. The van der Waals surface area contributed by atoms with E-state index in [2.05, 4.69) is 17.1 Å². The number of hydrogen-bond acceptors (Lipinski definition) is 4. The molecular formula is C29H36N4O3. The van der Waals surface area contributed by atoms with Crippen LogP contribution in [0.3, 0.4) is 0 Å². The maximum absolute atomic E-state index is 13.5. The average Bonchev–Trinajstić information content (AvgIpc) is 3.37. The normalized spacial score (nSPS) is 22.2. The van der Waals surface area contributed by atoms with Crippen LogP contribution in [0.5, 0.6) is 0 Å². The maximum atomic E-state index is 13.5. The Hall–Kier alpha value is -3.19. The van der Waals surface area contributed by atoms with Crippen LogP contribution in [0.2, 0.25) is 0 Å². The summed E-state index contributed by atoms with van der Waals surface area (Å²) < 4.78 is 0. The number of hydrogen-bond donors (Lipinski definition) is 1. The predicted molar refractivity (Wildman–Crippen MR) is 140 cm³/mol. The lowest BCUT2D eigenvalue weighted by Crippen LogP contribution is -2.44. The van der Waals surface area contributed by atoms with Gasteiger partial charge < -0.3 is 20.0 Å². The van der Waals surface area contributed by atoms with Crippen LogP contribution >= 0.6 is 0 Å². The molecule has 2 saturated heterocycles. The number of nitrogens with one attached hydrogen (secondary N) is 1. The summed E-state index contributed by atoms with van der Waals surface area (Å²) >= 11 is 0. The first-order chi connectivity index (χ1) is 17.5. The molecule has 2 fully saturated rings. The van der Waals surface area contributed by atoms with Gasteiger partial charge in [-0.2, -0.15) is 0 Å². The Bertz CT molecular complexity index is 1130. The lowest BCUT2D eigenvalue weighted by molar-refractivity contribution is -0.122. The van der Waals surface area contributed by atoms with Crippen molar-refractivity contribution in [2.75, 3.05) is 37.6 Å². The zero-order valence-corrected chi connectivity index (χ0v) is 21.1. The van der Waals surface area contributed by atoms with Crippen LogP contribution in [-0.2, 0) is 11.3 Å². The molecule has 7 nitrogen and oxygen atoms in total. The molecule has 1 N–H and O–H groups in total. The number of nitrogens with zero attached hydrogens (tertiary/aromatic N) is 3. The van der Waals surface area contributed by atoms with Gasteiger partial charge in [0.2, 0.25) is 5.91 Å². The van der Waals surface area contributed by atoms with E-state index in [1.165, 1.54) is 12.8 Å². The monoisotopic (exact) mass is 488 g/mol. The number of carbonyl (C=O) groups is 3. The fraction of sp³-hybridized carbons (Fsp3) is 0.483. The van der Waals surface area contributed by atoms with Gasteiger partial charge in [0.25, 0.3) is 11.8 Å². The van der Waals surface area contributed by atoms with Crippen LogP contribution < -0.4 is 10.2 Å². The Morgan fingerprint density at radius 1 is 1.03 bits per heavy atom. The molecular weight excluding hydrogens is 452 g/mol. The summed E-state index contributed by atoms with van der Waals surface area (Å²) in [6.07, 6.45) is 5.03. The predicted octanol–water partition coefficient (Wildman–Crippen LogP) is 3.69. The molecule has 5 rings (SSSR count). The Morgan fingerprint density at radius 2 is 1.86 bits per heavy atom. The third-order valence-electron chi connectivity index (χ3n) is 7.70. The number of piperidine rings is 1. The first-order valence-corrected chi connectivity index (χ1v) is 13.3. The average molecular weight is 489 g/mol. The molecule has 2 aromatic carbocycles. The standard InChI is InChI=1S/C29H36N4O3/c1-21-8-5-15-31(19-21)16-7-14-30-27(34)23-10-4-9-22(18-23)20-33-25-12-3-2-11-24(25)28(35)32-17-6-13-26(32)29(33)36/h2-4,9-12,18,21,26H,5-8,13-17,19-20H2,1H3,(H,30,34)/t21-,26+/m1/s1. The molecule has 190 valence electrons. The molecule has 36 heavy (non-hydrogen) atoms. The summed E-state index contributed by atoms with van der Waals surface area (Å²) in [5, 5.41) is 3.05. The third-order valence-corrected chi connectivity index (χ3v) is 7.70. The van der Waals surface area contributed by atoms with Crippen LogP contribution in [0.15, 0.2) is 48.5 Å². The van der Waals surface area contributed by atoms with Crippen LogP contribution in [0.1, 0.15) is 65.3 Å². The molecule has 2 atom stereocenters. The maximum Gasteiger partial charge on any atom is 0.256 e. The Morgan fingerprint density at radius 3 is 2.72 bits per heavy atom. The molecule has 0 spiro atoms. The summed E-state index contributed by atoms with van der Waals surface area (Å²) in [6.45, 7) is 7.21. The first kappa shape index (κ1) is 24.5. The zero-order chi connectivity index (χ0) is 25.1. The molecule has 7 heteroatoms. The second kappa shape index (κ2) is 10.8. The summed E-state index contributed by atoms with van der Waals surface area (Å²) in [6, 6.07) is 14.4. The minimum atomic E-state index is -0.417. The molecule has 2 aromatic rings. The van der Waals surface area contributed by atoms with Crippen LogP contribution in [0.4, 0.5) is 5.69 Å². The fourth-order valence-corrected chi connectivity index (χ4v) is 5.86. The molecule has 0 aliphatic carbocycles. The van der Waals surface area contributed by atoms with Gasteiger partial charge in [-0.1, -0.05) is 31.2 Å². The second-order valence-electron chi connectivity index (χ2n) is 10.5. The highest BCUT2D eigenvalue weighted by Gasteiger charge is 2.41. The fourth-order valence-electron chi connectivity index (χ4n) is 5.86. The quantitative estimate of drug-likeness (QED) is 0.604. The van der Waals surface area contributed by atoms with Gasteiger partial charge in [0.15, 0.2) is 0 Å². The summed E-state index contributed by atoms with van der Waals surface area (Å²) in [4.78, 5) is 45.5. The molecule has 0 radical (unpaired) electrons. The van der Waals surface area contributed by atoms with Crippen molar-refractivity contribution in [2.45, 2.75) is 51.6 Å². The topological polar surface area (TPSA) is 73.0 Å². The largest absolute Gasteiger partial charge is 0.352 e. The van der Waals surface area contributed by atoms with Crippen molar-refractivity contribution in [3.63, 3.8) is 0 Å². The summed E-state index contributed by atoms with van der Waals surface area (Å²) in [5.41, 5.74) is 2.66. The van der Waals surface area contributed by atoms with Gasteiger partial charge >= 0.3 is 0 Å². The van der Waals surface area contributed by atoms with Crippen molar-refractivity contribution < 1.29 is 14.4 Å². The van der Waals surface area contributed by atoms with Crippen molar-refractivity contribution in [1.29, 1.82) is 0 Å². The van der Waals surface area contributed by atoms with Crippen molar-refractivity contribution in [3.8, 4) is 0 Å². The van der Waals surface area contributed by atoms with Gasteiger partial charge in [0.05, 0.1) is 17.8 Å². The first-order valence-electron chi connectivity index (χ1n) is 13.3. The number of rotatable bonds is 7. The molecule has 0 aromatic heterocycles. The van der Waals surface area contributed by atoms with E-state index >= 15 is 0 Å². The van der Waals surface area contributed by atoms with E-state index in [4.69, 9.17) is 0 Å². The Labute approximate surface area is 213 Å². The van der Waals surface area contributed by atoms with Gasteiger partial charge in [0, 0.05) is 25.2 Å². The van der Waals surface area contributed by atoms with E-state index in [0.717, 1.165) is 44.0 Å². The molecule has 0 unspecified atom stereocenters. The number of para-hydroxylation sites is 1. The number of benzene rings is 2. The Kier molecular flexibility index (Phi) is 7.37. The number of likely N-dealkylation sites (tertiary alicyclic amines) is 1. The molecule has 3 amide bonds. The lowest BCUT2D eigenvalue weighted by Gasteiger charge is -2.30. The van der Waals surface area contributed by atoms with E-state index in [0.29, 0.717) is 42.9 Å². The van der Waals surface area contributed by atoms with Gasteiger partial charge in [0.1, 0.15) is 6.04 Å². The van der Waals surface area contributed by atoms with E-state index in [1.807, 2.05) is 42.5 Å². The van der Waals surface area contributed by atoms with E-state index in [9.17, 15) is 14.4 Å². The van der Waals surface area contributed by atoms with Crippen molar-refractivity contribution >= 4 is 23.4 Å². The molecule has 3 aliphatic rings. The highest BCUT2D eigenvalue weighted by Crippen LogP contribution is 2.33. The molecule has 3 aliphatic heterocycles. The smallest absolute Gasteiger partial charge is 0.256 e. The highest BCUT2D eigenvalue weighted by atomic mass is 16.2. The van der Waals surface area contributed by atoms with E-state index < -0.39 is 6.04 Å². The SMILES string of the molecule is C[C@@H]1CCCN(CCCNC(=O)c2cccc(CN3C(=O)[C@@H]4CCCN4C(=O)c4ccccc43)c2)C1. The van der Waals surface area contributed by atoms with E-state index in [1.54, 1.807) is 15.9 Å². The highest BCUT2D eigenvalue weighted by molar-refractivity contribution is 6.11. The molecule has 0 bridgehead atoms. The van der Waals surface area contributed by atoms with Gasteiger partial charge in [-0.3, -0.25) is 14.4 Å². The minimum absolute atomic E-state index is 0.0484. The van der Waals surface area contributed by atoms with Gasteiger partial charge in [-0.05, 0) is 80.9 Å². The van der Waals surface area contributed by atoms with Gasteiger partial charge in [-0.25, -0.2) is 0 Å². The van der Waals surface area contributed by atoms with Crippen LogP contribution in [0, 0.1) is 5.92 Å². The van der Waals surface area contributed by atoms with E-state index in [-0.39, 0.29) is 17.7 Å². The van der Waals surface area contributed by atoms with Crippen molar-refractivity contribution in [1.82, 2.24) is 15.1 Å². The summed E-state index contributed by atoms with van der Waals surface area (Å²) in [7, 11) is 0. The lowest BCUT2D eigenvalue weighted by atomic mass is 10.0. The van der Waals surface area contributed by atoms with Crippen molar-refractivity contribution in [2.24, 2.45) is 5.92 Å². The minimum Gasteiger partial charge on any atom is -0.352 e. The Balaban J connectivity index is 1.25. The number of fused-ring (bicyclic) bond motifs is 2. The van der Waals surface area contributed by atoms with Gasteiger partial charge in [-0.15, -0.1) is 0 Å². The van der Waals surface area contributed by atoms with Crippen LogP contribution in [0.25, 0.3) is 0 Å². The zero-order valence-electron chi connectivity index (χ0n) is 21.1. The molecule has 3 heterocycles. The number of carbonyl (C=O) groups excluding carboxylic acids is 3. The second-order valence-corrected chi connectivity index (χ2v) is 10.5. The number of amides is 3. The van der Waals surface area contributed by atoms with Crippen molar-refractivity contribution in [3.05, 3.63) is 65.2 Å². The summed E-state index contributed by atoms with van der Waals surface area (Å²) in [5.74, 6) is 0.543. The molecule has 0 saturated carbocycles. The number of anilines is 1. The van der Waals surface area contributed by atoms with Crippen LogP contribution in [-0.4, -0.2) is 66.3 Å².